The van der Waals surface area contributed by atoms with E-state index < -0.39 is 0 Å². The summed E-state index contributed by atoms with van der Waals surface area (Å²) in [4.78, 5) is 8.17. The van der Waals surface area contributed by atoms with Crippen molar-refractivity contribution in [2.45, 2.75) is 13.3 Å². The number of nitrogens with two attached hydrogens (primary N) is 1. The number of hydrogen-bond donors (Lipinski definition) is 3. The number of nitrogens with zero attached hydrogens (tertiary/aromatic N) is 2. The van der Waals surface area contributed by atoms with Gasteiger partial charge < -0.3 is 10.7 Å². The van der Waals surface area contributed by atoms with Gasteiger partial charge in [-0.25, -0.2) is 15.8 Å². The molecule has 15 heavy (non-hydrogen) atoms. The largest absolute Gasteiger partial charge is 0.370 e. The van der Waals surface area contributed by atoms with Crippen LogP contribution < -0.4 is 16.6 Å². The van der Waals surface area contributed by atoms with Crippen molar-refractivity contribution in [1.29, 1.82) is 0 Å². The van der Waals surface area contributed by atoms with Gasteiger partial charge in [0.05, 0.1) is 0 Å². The summed E-state index contributed by atoms with van der Waals surface area (Å²) >= 11 is 1.84. The lowest BCUT2D eigenvalue weighted by atomic mass is 10.3. The molecule has 0 atom stereocenters. The topological polar surface area (TPSA) is 75.9 Å². The molecule has 1 heterocycles. The summed E-state index contributed by atoms with van der Waals surface area (Å²) < 4.78 is 0. The number of aromatic nitrogens is 2. The predicted octanol–water partition coefficient (Wildman–Crippen LogP) is 1.24. The Balaban J connectivity index is 2.53. The van der Waals surface area contributed by atoms with Gasteiger partial charge in [-0.2, -0.15) is 11.8 Å². The first-order chi connectivity index (χ1) is 7.29. The highest BCUT2D eigenvalue weighted by Gasteiger charge is 2.04. The van der Waals surface area contributed by atoms with Crippen molar-refractivity contribution in [3.05, 3.63) is 11.9 Å². The SMILES string of the molecule is CSCCCNc1ncnc(NN)c1C. The molecule has 0 aliphatic heterocycles. The fourth-order valence-corrected chi connectivity index (χ4v) is 1.63. The Kier molecular flexibility index (Phi) is 5.20. The molecule has 6 heteroatoms. The van der Waals surface area contributed by atoms with Crippen molar-refractivity contribution in [3.8, 4) is 0 Å². The highest BCUT2D eigenvalue weighted by Crippen LogP contribution is 2.16. The second-order valence-electron chi connectivity index (χ2n) is 3.11. The van der Waals surface area contributed by atoms with E-state index in [4.69, 9.17) is 5.84 Å². The van der Waals surface area contributed by atoms with E-state index in [-0.39, 0.29) is 0 Å². The molecule has 0 saturated carbocycles. The molecular formula is C9H17N5S. The number of thioether (sulfide) groups is 1. The smallest absolute Gasteiger partial charge is 0.148 e. The minimum Gasteiger partial charge on any atom is -0.370 e. The maximum atomic E-state index is 5.32. The van der Waals surface area contributed by atoms with Crippen molar-refractivity contribution < 1.29 is 0 Å². The van der Waals surface area contributed by atoms with E-state index in [0.29, 0.717) is 5.82 Å². The van der Waals surface area contributed by atoms with E-state index in [2.05, 4.69) is 27.0 Å². The average molecular weight is 227 g/mol. The van der Waals surface area contributed by atoms with Crippen LogP contribution in [-0.2, 0) is 0 Å². The zero-order valence-corrected chi connectivity index (χ0v) is 9.90. The van der Waals surface area contributed by atoms with Crippen LogP contribution in [0.15, 0.2) is 6.33 Å². The minimum atomic E-state index is 0.664. The van der Waals surface area contributed by atoms with Gasteiger partial charge in [0, 0.05) is 12.1 Å². The number of hydrazine groups is 1. The molecule has 0 fully saturated rings. The van der Waals surface area contributed by atoms with Crippen molar-refractivity contribution in [1.82, 2.24) is 9.97 Å². The van der Waals surface area contributed by atoms with Gasteiger partial charge in [-0.15, -0.1) is 0 Å². The third-order valence-corrected chi connectivity index (χ3v) is 2.74. The highest BCUT2D eigenvalue weighted by molar-refractivity contribution is 7.98. The van der Waals surface area contributed by atoms with E-state index in [1.165, 1.54) is 6.33 Å². The van der Waals surface area contributed by atoms with Crippen molar-refractivity contribution in [2.24, 2.45) is 5.84 Å². The molecule has 84 valence electrons. The molecule has 0 bridgehead atoms. The highest BCUT2D eigenvalue weighted by atomic mass is 32.2. The maximum absolute atomic E-state index is 5.32. The van der Waals surface area contributed by atoms with Crippen LogP contribution >= 0.6 is 11.8 Å². The molecule has 0 aliphatic rings. The van der Waals surface area contributed by atoms with E-state index in [9.17, 15) is 0 Å². The van der Waals surface area contributed by atoms with E-state index in [1.807, 2.05) is 18.7 Å². The molecule has 0 saturated heterocycles. The Morgan fingerprint density at radius 1 is 1.40 bits per heavy atom. The van der Waals surface area contributed by atoms with Crippen LogP contribution in [0.2, 0.25) is 0 Å². The fourth-order valence-electron chi connectivity index (χ4n) is 1.20. The second kappa shape index (κ2) is 6.47. The van der Waals surface area contributed by atoms with Gasteiger partial charge in [0.25, 0.3) is 0 Å². The Labute approximate surface area is 94.2 Å². The molecule has 5 nitrogen and oxygen atoms in total. The summed E-state index contributed by atoms with van der Waals surface area (Å²) in [6, 6.07) is 0. The van der Waals surface area contributed by atoms with Gasteiger partial charge in [0.1, 0.15) is 18.0 Å². The van der Waals surface area contributed by atoms with Crippen molar-refractivity contribution in [2.75, 3.05) is 29.3 Å². The van der Waals surface area contributed by atoms with E-state index >= 15 is 0 Å². The monoisotopic (exact) mass is 227 g/mol. The van der Waals surface area contributed by atoms with Crippen LogP contribution in [0.5, 0.6) is 0 Å². The zero-order chi connectivity index (χ0) is 11.1. The average Bonchev–Trinajstić information content (AvgIpc) is 2.26. The van der Waals surface area contributed by atoms with E-state index in [0.717, 1.165) is 30.1 Å². The Hall–Kier alpha value is -1.01. The minimum absolute atomic E-state index is 0.664. The Morgan fingerprint density at radius 2 is 2.13 bits per heavy atom. The molecule has 1 aromatic rings. The molecule has 0 spiro atoms. The number of hydrogen-bond acceptors (Lipinski definition) is 6. The van der Waals surface area contributed by atoms with Crippen molar-refractivity contribution >= 4 is 23.4 Å². The first kappa shape index (κ1) is 12.1. The molecule has 0 radical (unpaired) electrons. The van der Waals surface area contributed by atoms with Gasteiger partial charge in [0.15, 0.2) is 0 Å². The van der Waals surface area contributed by atoms with E-state index in [1.54, 1.807) is 0 Å². The van der Waals surface area contributed by atoms with Gasteiger partial charge in [-0.1, -0.05) is 0 Å². The number of rotatable bonds is 6. The molecule has 1 aromatic heterocycles. The molecule has 0 amide bonds. The first-order valence-electron chi connectivity index (χ1n) is 4.80. The standard InChI is InChI=1S/C9H17N5S/c1-7-8(11-4-3-5-15-2)12-6-13-9(7)14-10/h6H,3-5,10H2,1-2H3,(H2,11,12,13,14). The summed E-state index contributed by atoms with van der Waals surface area (Å²) in [5.74, 6) is 7.99. The summed E-state index contributed by atoms with van der Waals surface area (Å²) in [6.07, 6.45) is 4.72. The van der Waals surface area contributed by atoms with Crippen LogP contribution in [0.1, 0.15) is 12.0 Å². The van der Waals surface area contributed by atoms with Gasteiger partial charge in [-0.05, 0) is 25.4 Å². The summed E-state index contributed by atoms with van der Waals surface area (Å²) in [7, 11) is 0. The second-order valence-corrected chi connectivity index (χ2v) is 4.10. The molecular weight excluding hydrogens is 210 g/mol. The quantitative estimate of drug-likeness (QED) is 0.385. The molecule has 1 rings (SSSR count). The lowest BCUT2D eigenvalue weighted by Crippen LogP contribution is -2.13. The lowest BCUT2D eigenvalue weighted by molar-refractivity contribution is 0.969. The molecule has 0 aliphatic carbocycles. The molecule has 4 N–H and O–H groups in total. The Bertz CT molecular complexity index is 305. The Morgan fingerprint density at radius 3 is 2.80 bits per heavy atom. The number of nitrogens with one attached hydrogen (secondary N) is 2. The van der Waals surface area contributed by atoms with Crippen LogP contribution in [0.4, 0.5) is 11.6 Å². The number of nitrogen functional groups attached to an aromatic ring is 1. The molecule has 0 unspecified atom stereocenters. The van der Waals surface area contributed by atoms with Crippen LogP contribution in [0, 0.1) is 6.92 Å². The maximum Gasteiger partial charge on any atom is 0.148 e. The van der Waals surface area contributed by atoms with Crippen LogP contribution in [0.3, 0.4) is 0 Å². The summed E-state index contributed by atoms with van der Waals surface area (Å²) in [5.41, 5.74) is 3.49. The molecule has 0 aromatic carbocycles. The fraction of sp³-hybridized carbons (Fsp3) is 0.556. The van der Waals surface area contributed by atoms with Gasteiger partial charge >= 0.3 is 0 Å². The van der Waals surface area contributed by atoms with Gasteiger partial charge in [0.2, 0.25) is 0 Å². The summed E-state index contributed by atoms with van der Waals surface area (Å²) in [5, 5.41) is 3.26. The van der Waals surface area contributed by atoms with Crippen molar-refractivity contribution in [3.63, 3.8) is 0 Å². The summed E-state index contributed by atoms with van der Waals surface area (Å²) in [6.45, 7) is 2.86. The predicted molar refractivity (Wildman–Crippen MR) is 66.1 cm³/mol. The van der Waals surface area contributed by atoms with Gasteiger partial charge in [-0.3, -0.25) is 0 Å². The number of anilines is 2. The lowest BCUT2D eigenvalue weighted by Gasteiger charge is -2.10. The third kappa shape index (κ3) is 3.56. The van der Waals surface area contributed by atoms with Crippen LogP contribution in [0.25, 0.3) is 0 Å². The zero-order valence-electron chi connectivity index (χ0n) is 9.08. The third-order valence-electron chi connectivity index (χ3n) is 2.04. The normalized spacial score (nSPS) is 10.1. The first-order valence-corrected chi connectivity index (χ1v) is 6.20. The van der Waals surface area contributed by atoms with Crippen LogP contribution in [-0.4, -0.2) is 28.5 Å².